The monoisotopic (exact) mass is 334 g/mol. The zero-order valence-corrected chi connectivity index (χ0v) is 16.7. The van der Waals surface area contributed by atoms with Gasteiger partial charge in [-0.3, -0.25) is 0 Å². The summed E-state index contributed by atoms with van der Waals surface area (Å²) in [5.41, 5.74) is 1.48. The SMILES string of the molecule is CCCCCC(C)(C)c1ccc(C(C)(C)CCCCC)c(O)c1O. The van der Waals surface area contributed by atoms with Crippen LogP contribution >= 0.6 is 0 Å². The maximum absolute atomic E-state index is 10.7. The van der Waals surface area contributed by atoms with Crippen LogP contribution in [0.25, 0.3) is 0 Å². The molecule has 1 aromatic rings. The minimum atomic E-state index is -0.123. The second-order valence-corrected chi connectivity index (χ2v) is 8.54. The lowest BCUT2D eigenvalue weighted by Crippen LogP contribution is -2.20. The van der Waals surface area contributed by atoms with Crippen LogP contribution in [-0.2, 0) is 10.8 Å². The zero-order chi connectivity index (χ0) is 18.4. The molecule has 0 saturated heterocycles. The van der Waals surface area contributed by atoms with E-state index in [0.717, 1.165) is 36.8 Å². The van der Waals surface area contributed by atoms with Gasteiger partial charge in [-0.1, -0.05) is 92.2 Å². The van der Waals surface area contributed by atoms with E-state index in [9.17, 15) is 10.2 Å². The smallest absolute Gasteiger partial charge is 0.161 e. The van der Waals surface area contributed by atoms with Gasteiger partial charge in [0, 0.05) is 11.1 Å². The Kier molecular flexibility index (Phi) is 7.63. The van der Waals surface area contributed by atoms with Crippen LogP contribution in [0.3, 0.4) is 0 Å². The molecule has 0 radical (unpaired) electrons. The number of phenolic OH excluding ortho intramolecular Hbond substituents is 2. The van der Waals surface area contributed by atoms with Crippen LogP contribution in [0.15, 0.2) is 12.1 Å². The Morgan fingerprint density at radius 3 is 1.29 bits per heavy atom. The Bertz CT molecular complexity index is 468. The molecule has 0 aliphatic carbocycles. The van der Waals surface area contributed by atoms with E-state index in [1.165, 1.54) is 25.7 Å². The van der Waals surface area contributed by atoms with Gasteiger partial charge in [-0.05, 0) is 23.7 Å². The number of benzene rings is 1. The first-order valence-corrected chi connectivity index (χ1v) is 9.73. The Balaban J connectivity index is 3.04. The van der Waals surface area contributed by atoms with Gasteiger partial charge < -0.3 is 10.2 Å². The van der Waals surface area contributed by atoms with Crippen LogP contribution in [0.5, 0.6) is 11.5 Å². The fourth-order valence-corrected chi connectivity index (χ4v) is 3.58. The van der Waals surface area contributed by atoms with Crippen LogP contribution in [0.4, 0.5) is 0 Å². The van der Waals surface area contributed by atoms with Crippen molar-refractivity contribution < 1.29 is 10.2 Å². The number of unbranched alkanes of at least 4 members (excludes halogenated alkanes) is 4. The van der Waals surface area contributed by atoms with E-state index < -0.39 is 0 Å². The summed E-state index contributed by atoms with van der Waals surface area (Å²) >= 11 is 0. The van der Waals surface area contributed by atoms with Gasteiger partial charge in [0.15, 0.2) is 11.5 Å². The molecule has 0 bridgehead atoms. The standard InChI is InChI=1S/C22H38O2/c1-7-9-11-15-21(3,4)17-13-14-18(20(24)19(17)23)22(5,6)16-12-10-8-2/h13-14,23-24H,7-12,15-16H2,1-6H3. The van der Waals surface area contributed by atoms with Crippen LogP contribution in [0, 0.1) is 0 Å². The summed E-state index contributed by atoms with van der Waals surface area (Å²) in [7, 11) is 0. The fraction of sp³-hybridized carbons (Fsp3) is 0.727. The first kappa shape index (κ1) is 20.9. The normalized spacial score (nSPS) is 12.6. The first-order chi connectivity index (χ1) is 11.2. The van der Waals surface area contributed by atoms with Crippen LogP contribution in [-0.4, -0.2) is 10.2 Å². The van der Waals surface area contributed by atoms with E-state index in [0.29, 0.717) is 0 Å². The minimum Gasteiger partial charge on any atom is -0.504 e. The number of aromatic hydroxyl groups is 2. The highest BCUT2D eigenvalue weighted by Crippen LogP contribution is 2.46. The molecule has 0 saturated carbocycles. The zero-order valence-electron chi connectivity index (χ0n) is 16.7. The second-order valence-electron chi connectivity index (χ2n) is 8.54. The Morgan fingerprint density at radius 1 is 0.667 bits per heavy atom. The predicted octanol–water partition coefficient (Wildman–Crippen LogP) is 6.81. The van der Waals surface area contributed by atoms with Crippen LogP contribution < -0.4 is 0 Å². The van der Waals surface area contributed by atoms with Crippen molar-refractivity contribution in [3.05, 3.63) is 23.3 Å². The molecule has 0 heterocycles. The third-order valence-electron chi connectivity index (χ3n) is 5.42. The number of phenols is 2. The summed E-state index contributed by atoms with van der Waals surface area (Å²) < 4.78 is 0. The van der Waals surface area contributed by atoms with Gasteiger partial charge in [0.2, 0.25) is 0 Å². The highest BCUT2D eigenvalue weighted by Gasteiger charge is 2.30. The fourth-order valence-electron chi connectivity index (χ4n) is 3.58. The molecule has 0 aromatic heterocycles. The quantitative estimate of drug-likeness (QED) is 0.364. The maximum atomic E-state index is 10.7. The molecule has 0 atom stereocenters. The lowest BCUT2D eigenvalue weighted by Gasteiger charge is -2.30. The Labute approximate surface area is 149 Å². The molecular weight excluding hydrogens is 296 g/mol. The molecule has 0 fully saturated rings. The molecular formula is C22H38O2. The van der Waals surface area contributed by atoms with Gasteiger partial charge in [0.25, 0.3) is 0 Å². The van der Waals surface area contributed by atoms with E-state index in [1.54, 1.807) is 0 Å². The van der Waals surface area contributed by atoms with Crippen molar-refractivity contribution in [2.45, 2.75) is 104 Å². The summed E-state index contributed by atoms with van der Waals surface area (Å²) in [6, 6.07) is 4.05. The molecule has 0 amide bonds. The van der Waals surface area contributed by atoms with Crippen molar-refractivity contribution in [2.24, 2.45) is 0 Å². The van der Waals surface area contributed by atoms with Crippen LogP contribution in [0.2, 0.25) is 0 Å². The number of hydrogen-bond donors (Lipinski definition) is 2. The third-order valence-corrected chi connectivity index (χ3v) is 5.42. The minimum absolute atomic E-state index is 0.0811. The molecule has 0 aliphatic heterocycles. The highest BCUT2D eigenvalue weighted by atomic mass is 16.3. The lowest BCUT2D eigenvalue weighted by atomic mass is 9.75. The van der Waals surface area contributed by atoms with Gasteiger partial charge in [-0.2, -0.15) is 0 Å². The van der Waals surface area contributed by atoms with Crippen molar-refractivity contribution in [3.8, 4) is 11.5 Å². The van der Waals surface area contributed by atoms with Crippen molar-refractivity contribution in [1.82, 2.24) is 0 Å². The Morgan fingerprint density at radius 2 is 1.00 bits per heavy atom. The average molecular weight is 335 g/mol. The summed E-state index contributed by atoms with van der Waals surface area (Å²) in [5, 5.41) is 21.3. The van der Waals surface area contributed by atoms with Crippen LogP contribution in [0.1, 0.15) is 104 Å². The van der Waals surface area contributed by atoms with Gasteiger partial charge in [0.05, 0.1) is 0 Å². The summed E-state index contributed by atoms with van der Waals surface area (Å²) in [6.45, 7) is 13.0. The predicted molar refractivity (Wildman–Crippen MR) is 104 cm³/mol. The molecule has 2 heteroatoms. The number of rotatable bonds is 10. The Hall–Kier alpha value is -1.18. The van der Waals surface area contributed by atoms with Crippen molar-refractivity contribution in [2.75, 3.05) is 0 Å². The molecule has 2 N–H and O–H groups in total. The summed E-state index contributed by atoms with van der Waals surface area (Å²) in [4.78, 5) is 0. The van der Waals surface area contributed by atoms with E-state index in [4.69, 9.17) is 0 Å². The molecule has 2 nitrogen and oxygen atoms in total. The summed E-state index contributed by atoms with van der Waals surface area (Å²) in [6.07, 6.45) is 9.13. The molecule has 0 spiro atoms. The van der Waals surface area contributed by atoms with E-state index in [2.05, 4.69) is 41.5 Å². The molecule has 0 aliphatic rings. The molecule has 138 valence electrons. The van der Waals surface area contributed by atoms with E-state index in [1.807, 2.05) is 12.1 Å². The van der Waals surface area contributed by atoms with Gasteiger partial charge in [0.1, 0.15) is 0 Å². The van der Waals surface area contributed by atoms with E-state index in [-0.39, 0.29) is 22.3 Å². The largest absolute Gasteiger partial charge is 0.504 e. The van der Waals surface area contributed by atoms with Gasteiger partial charge >= 0.3 is 0 Å². The molecule has 24 heavy (non-hydrogen) atoms. The molecule has 1 rings (SSSR count). The topological polar surface area (TPSA) is 40.5 Å². The average Bonchev–Trinajstić information content (AvgIpc) is 2.49. The van der Waals surface area contributed by atoms with E-state index >= 15 is 0 Å². The van der Waals surface area contributed by atoms with Crippen molar-refractivity contribution in [3.63, 3.8) is 0 Å². The summed E-state index contributed by atoms with van der Waals surface area (Å²) in [5.74, 6) is 0.162. The molecule has 0 unspecified atom stereocenters. The van der Waals surface area contributed by atoms with Crippen molar-refractivity contribution >= 4 is 0 Å². The lowest BCUT2D eigenvalue weighted by molar-refractivity contribution is 0.356. The molecule has 1 aromatic carbocycles. The van der Waals surface area contributed by atoms with Crippen molar-refractivity contribution in [1.29, 1.82) is 0 Å². The maximum Gasteiger partial charge on any atom is 0.161 e. The van der Waals surface area contributed by atoms with Gasteiger partial charge in [-0.25, -0.2) is 0 Å². The van der Waals surface area contributed by atoms with Gasteiger partial charge in [-0.15, -0.1) is 0 Å². The number of hydrogen-bond acceptors (Lipinski definition) is 2. The highest BCUT2D eigenvalue weighted by molar-refractivity contribution is 5.54. The third kappa shape index (κ3) is 5.16. The second kappa shape index (κ2) is 8.78. The first-order valence-electron chi connectivity index (χ1n) is 9.73.